The number of hydrogen-bond donors (Lipinski definition) is 2. The normalized spacial score (nSPS) is 14.3. The van der Waals surface area contributed by atoms with Gasteiger partial charge in [-0.2, -0.15) is 0 Å². The Labute approximate surface area is 125 Å². The number of nitrogens with zero attached hydrogens (tertiary/aromatic N) is 1. The Morgan fingerprint density at radius 1 is 1.50 bits per heavy atom. The average Bonchev–Trinajstić information content (AvgIpc) is 3.20. The first-order valence-electron chi connectivity index (χ1n) is 6.93. The van der Waals surface area contributed by atoms with Crippen LogP contribution in [0.15, 0.2) is 24.3 Å². The smallest absolute Gasteiger partial charge is 0.225 e. The van der Waals surface area contributed by atoms with Crippen LogP contribution in [0.5, 0.6) is 0 Å². The third-order valence-electron chi connectivity index (χ3n) is 3.42. The van der Waals surface area contributed by atoms with Gasteiger partial charge in [-0.15, -0.1) is 0 Å². The van der Waals surface area contributed by atoms with Crippen molar-refractivity contribution in [1.82, 2.24) is 4.90 Å². The number of rotatable bonds is 7. The van der Waals surface area contributed by atoms with Crippen LogP contribution in [-0.4, -0.2) is 35.9 Å². The number of hydrogen-bond acceptors (Lipinski definition) is 3. The summed E-state index contributed by atoms with van der Waals surface area (Å²) in [6.07, 6.45) is 3.17. The number of carbonyl (C=O) groups excluding carboxylic acids is 1. The Kier molecular flexibility index (Phi) is 5.09. The van der Waals surface area contributed by atoms with Crippen molar-refractivity contribution < 1.29 is 4.79 Å². The fourth-order valence-electron chi connectivity index (χ4n) is 2.10. The largest absolute Gasteiger partial charge is 0.389 e. The minimum absolute atomic E-state index is 0.0211. The van der Waals surface area contributed by atoms with Gasteiger partial charge in [-0.3, -0.25) is 4.79 Å². The standard InChI is InChI=1S/C15H21N3OS/c1-18(10-11-5-6-11)8-7-14(19)17-13-4-2-3-12(9-13)15(16)20/h2-4,9,11H,5-8,10H2,1H3,(H2,16,20)(H,17,19). The first kappa shape index (κ1) is 14.9. The Morgan fingerprint density at radius 2 is 2.25 bits per heavy atom. The molecule has 1 aromatic carbocycles. The topological polar surface area (TPSA) is 58.4 Å². The van der Waals surface area contributed by atoms with E-state index in [0.717, 1.165) is 30.3 Å². The molecular weight excluding hydrogens is 270 g/mol. The molecule has 4 nitrogen and oxygen atoms in total. The van der Waals surface area contributed by atoms with E-state index >= 15 is 0 Å². The number of anilines is 1. The molecule has 0 bridgehead atoms. The molecule has 0 unspecified atom stereocenters. The van der Waals surface area contributed by atoms with Crippen molar-refractivity contribution in [2.24, 2.45) is 11.7 Å². The van der Waals surface area contributed by atoms with Gasteiger partial charge in [-0.05, 0) is 37.9 Å². The van der Waals surface area contributed by atoms with Crippen molar-refractivity contribution in [3.8, 4) is 0 Å². The first-order valence-corrected chi connectivity index (χ1v) is 7.33. The molecular formula is C15H21N3OS. The second kappa shape index (κ2) is 6.81. The molecule has 20 heavy (non-hydrogen) atoms. The van der Waals surface area contributed by atoms with Crippen LogP contribution in [0.3, 0.4) is 0 Å². The second-order valence-electron chi connectivity index (χ2n) is 5.45. The summed E-state index contributed by atoms with van der Waals surface area (Å²) in [7, 11) is 2.07. The maximum atomic E-state index is 11.9. The summed E-state index contributed by atoms with van der Waals surface area (Å²) >= 11 is 4.93. The van der Waals surface area contributed by atoms with Crippen molar-refractivity contribution in [2.75, 3.05) is 25.5 Å². The third kappa shape index (κ3) is 4.90. The minimum atomic E-state index is 0.0211. The van der Waals surface area contributed by atoms with Crippen LogP contribution in [0, 0.1) is 5.92 Å². The fraction of sp³-hybridized carbons (Fsp3) is 0.467. The van der Waals surface area contributed by atoms with Crippen LogP contribution >= 0.6 is 12.2 Å². The van der Waals surface area contributed by atoms with E-state index in [2.05, 4.69) is 17.3 Å². The van der Waals surface area contributed by atoms with Crippen molar-refractivity contribution in [3.05, 3.63) is 29.8 Å². The highest BCUT2D eigenvalue weighted by Crippen LogP contribution is 2.29. The number of nitrogens with one attached hydrogen (secondary N) is 1. The van der Waals surface area contributed by atoms with Crippen molar-refractivity contribution in [3.63, 3.8) is 0 Å². The summed E-state index contributed by atoms with van der Waals surface area (Å²) in [5.41, 5.74) is 7.08. The van der Waals surface area contributed by atoms with Crippen LogP contribution in [0.25, 0.3) is 0 Å². The Hall–Kier alpha value is -1.46. The lowest BCUT2D eigenvalue weighted by Crippen LogP contribution is -2.26. The van der Waals surface area contributed by atoms with Crippen LogP contribution in [-0.2, 0) is 4.79 Å². The SMILES string of the molecule is CN(CCC(=O)Nc1cccc(C(N)=S)c1)CC1CC1. The first-order chi connectivity index (χ1) is 9.54. The molecule has 1 fully saturated rings. The molecule has 0 aliphatic heterocycles. The summed E-state index contributed by atoms with van der Waals surface area (Å²) in [5, 5.41) is 2.88. The molecule has 0 aromatic heterocycles. The summed E-state index contributed by atoms with van der Waals surface area (Å²) in [6.45, 7) is 1.89. The van der Waals surface area contributed by atoms with E-state index in [1.54, 1.807) is 6.07 Å². The van der Waals surface area contributed by atoms with Crippen molar-refractivity contribution in [1.29, 1.82) is 0 Å². The predicted molar refractivity (Wildman–Crippen MR) is 85.8 cm³/mol. The maximum Gasteiger partial charge on any atom is 0.225 e. The number of carbonyl (C=O) groups is 1. The molecule has 0 spiro atoms. The van der Waals surface area contributed by atoms with Crippen LogP contribution in [0.4, 0.5) is 5.69 Å². The molecule has 1 aromatic rings. The van der Waals surface area contributed by atoms with E-state index in [1.807, 2.05) is 18.2 Å². The zero-order valence-corrected chi connectivity index (χ0v) is 12.6. The van der Waals surface area contributed by atoms with E-state index in [1.165, 1.54) is 12.8 Å². The van der Waals surface area contributed by atoms with Gasteiger partial charge in [0.1, 0.15) is 4.99 Å². The molecule has 1 aliphatic rings. The summed E-state index contributed by atoms with van der Waals surface area (Å²) in [6, 6.07) is 7.31. The second-order valence-corrected chi connectivity index (χ2v) is 5.89. The van der Waals surface area contributed by atoms with Gasteiger partial charge in [-0.1, -0.05) is 24.4 Å². The summed E-state index contributed by atoms with van der Waals surface area (Å²) < 4.78 is 0. The number of thiocarbonyl (C=S) groups is 1. The van der Waals surface area contributed by atoms with E-state index in [9.17, 15) is 4.79 Å². The molecule has 1 saturated carbocycles. The van der Waals surface area contributed by atoms with Gasteiger partial charge in [0.25, 0.3) is 0 Å². The summed E-state index contributed by atoms with van der Waals surface area (Å²) in [5.74, 6) is 0.873. The third-order valence-corrected chi connectivity index (χ3v) is 3.65. The molecule has 1 aliphatic carbocycles. The van der Waals surface area contributed by atoms with Crippen molar-refractivity contribution >= 4 is 28.8 Å². The van der Waals surface area contributed by atoms with E-state index in [4.69, 9.17) is 18.0 Å². The van der Waals surface area contributed by atoms with Gasteiger partial charge in [0.15, 0.2) is 0 Å². The van der Waals surface area contributed by atoms with Gasteiger partial charge in [0, 0.05) is 30.8 Å². The lowest BCUT2D eigenvalue weighted by molar-refractivity contribution is -0.116. The van der Waals surface area contributed by atoms with E-state index in [0.29, 0.717) is 11.4 Å². The van der Waals surface area contributed by atoms with Gasteiger partial charge in [0.2, 0.25) is 5.91 Å². The Balaban J connectivity index is 1.78. The van der Waals surface area contributed by atoms with Crippen LogP contribution in [0.2, 0.25) is 0 Å². The number of nitrogens with two attached hydrogens (primary N) is 1. The van der Waals surface area contributed by atoms with Gasteiger partial charge in [0.05, 0.1) is 0 Å². The molecule has 1 amide bonds. The lowest BCUT2D eigenvalue weighted by atomic mass is 10.2. The molecule has 0 atom stereocenters. The average molecular weight is 291 g/mol. The molecule has 0 heterocycles. The molecule has 0 radical (unpaired) electrons. The molecule has 5 heteroatoms. The monoisotopic (exact) mass is 291 g/mol. The highest BCUT2D eigenvalue weighted by Gasteiger charge is 2.22. The Morgan fingerprint density at radius 3 is 2.90 bits per heavy atom. The highest BCUT2D eigenvalue weighted by atomic mass is 32.1. The van der Waals surface area contributed by atoms with Crippen LogP contribution < -0.4 is 11.1 Å². The van der Waals surface area contributed by atoms with Crippen molar-refractivity contribution in [2.45, 2.75) is 19.3 Å². The van der Waals surface area contributed by atoms with Gasteiger partial charge >= 0.3 is 0 Å². The zero-order valence-electron chi connectivity index (χ0n) is 11.8. The highest BCUT2D eigenvalue weighted by molar-refractivity contribution is 7.80. The number of benzene rings is 1. The zero-order chi connectivity index (χ0) is 14.5. The molecule has 108 valence electrons. The van der Waals surface area contributed by atoms with E-state index < -0.39 is 0 Å². The maximum absolute atomic E-state index is 11.9. The number of amides is 1. The minimum Gasteiger partial charge on any atom is -0.389 e. The molecule has 3 N–H and O–H groups in total. The predicted octanol–water partition coefficient (Wildman–Crippen LogP) is 1.99. The molecule has 2 rings (SSSR count). The fourth-order valence-corrected chi connectivity index (χ4v) is 2.23. The van der Waals surface area contributed by atoms with Gasteiger partial charge in [-0.25, -0.2) is 0 Å². The quantitative estimate of drug-likeness (QED) is 0.754. The summed E-state index contributed by atoms with van der Waals surface area (Å²) in [4.78, 5) is 14.5. The lowest BCUT2D eigenvalue weighted by Gasteiger charge is -2.15. The molecule has 0 saturated heterocycles. The van der Waals surface area contributed by atoms with Gasteiger partial charge < -0.3 is 16.0 Å². The Bertz CT molecular complexity index is 500. The van der Waals surface area contributed by atoms with Crippen LogP contribution in [0.1, 0.15) is 24.8 Å². The van der Waals surface area contributed by atoms with E-state index in [-0.39, 0.29) is 5.91 Å².